The normalized spacial score (nSPS) is 20.8. The van der Waals surface area contributed by atoms with Crippen LogP contribution in [0.5, 0.6) is 0 Å². The van der Waals surface area contributed by atoms with Crippen molar-refractivity contribution in [1.82, 2.24) is 19.9 Å². The molecule has 0 aromatic carbocycles. The van der Waals surface area contributed by atoms with E-state index in [4.69, 9.17) is 4.98 Å². The number of hydrogen-bond donors (Lipinski definition) is 3. The minimum atomic E-state index is -5.69. The van der Waals surface area contributed by atoms with Crippen LogP contribution in [0.4, 0.5) is 33.7 Å². The Hall–Kier alpha value is -2.67. The summed E-state index contributed by atoms with van der Waals surface area (Å²) in [4.78, 5) is 17.8. The molecular weight excluding hydrogens is 503 g/mol. The summed E-state index contributed by atoms with van der Waals surface area (Å²) >= 11 is 1.43. The number of aromatic nitrogens is 4. The fourth-order valence-electron chi connectivity index (χ4n) is 4.51. The Balaban J connectivity index is 1.51. The summed E-state index contributed by atoms with van der Waals surface area (Å²) in [7, 11) is 0. The molecule has 0 spiro atoms. The van der Waals surface area contributed by atoms with E-state index in [-0.39, 0.29) is 24.5 Å². The number of pyridine rings is 1. The van der Waals surface area contributed by atoms with Crippen LogP contribution < -0.4 is 10.6 Å². The second kappa shape index (κ2) is 9.33. The molecule has 0 saturated heterocycles. The lowest BCUT2D eigenvalue weighted by Gasteiger charge is -2.21. The summed E-state index contributed by atoms with van der Waals surface area (Å²) in [5.41, 5.74) is 2.71. The minimum absolute atomic E-state index is 0.0438. The SMILES string of the molecule is Cc1nc(NCC(F)(F)C(F)(F)F)nc(NC2CCC(CO)C2)c1-c1nc2c(C3CC3)nccc2s1. The summed E-state index contributed by atoms with van der Waals surface area (Å²) in [6.07, 6.45) is 0.445. The van der Waals surface area contributed by atoms with Crippen LogP contribution in [-0.2, 0) is 0 Å². The van der Waals surface area contributed by atoms with Gasteiger partial charge in [0.2, 0.25) is 5.95 Å². The van der Waals surface area contributed by atoms with Crippen molar-refractivity contribution < 1.29 is 27.1 Å². The Labute approximate surface area is 207 Å². The van der Waals surface area contributed by atoms with Crippen LogP contribution in [0.15, 0.2) is 12.3 Å². The summed E-state index contributed by atoms with van der Waals surface area (Å²) < 4.78 is 65.9. The molecule has 3 aromatic rings. The third-order valence-electron chi connectivity index (χ3n) is 6.63. The van der Waals surface area contributed by atoms with E-state index in [1.807, 2.05) is 6.07 Å². The number of halogens is 5. The first-order valence-corrected chi connectivity index (χ1v) is 12.6. The fourth-order valence-corrected chi connectivity index (χ4v) is 5.57. The molecule has 2 atom stereocenters. The van der Waals surface area contributed by atoms with Crippen molar-refractivity contribution >= 4 is 33.3 Å². The lowest BCUT2D eigenvalue weighted by molar-refractivity contribution is -0.275. The Morgan fingerprint density at radius 2 is 1.86 bits per heavy atom. The van der Waals surface area contributed by atoms with Crippen molar-refractivity contribution in [2.24, 2.45) is 5.92 Å². The molecule has 5 rings (SSSR count). The van der Waals surface area contributed by atoms with E-state index in [1.165, 1.54) is 11.3 Å². The van der Waals surface area contributed by atoms with Gasteiger partial charge < -0.3 is 15.7 Å². The van der Waals surface area contributed by atoms with Crippen molar-refractivity contribution in [3.8, 4) is 10.6 Å². The average molecular weight is 529 g/mol. The van der Waals surface area contributed by atoms with Gasteiger partial charge in [-0.3, -0.25) is 4.98 Å². The maximum Gasteiger partial charge on any atom is 0.455 e. The maximum absolute atomic E-state index is 13.5. The van der Waals surface area contributed by atoms with E-state index >= 15 is 0 Å². The minimum Gasteiger partial charge on any atom is -0.396 e. The number of hydrogen-bond acceptors (Lipinski definition) is 8. The van der Waals surface area contributed by atoms with Crippen LogP contribution in [-0.4, -0.2) is 56.3 Å². The van der Waals surface area contributed by atoms with Gasteiger partial charge in [0.05, 0.1) is 28.2 Å². The van der Waals surface area contributed by atoms with Crippen LogP contribution in [0.3, 0.4) is 0 Å². The van der Waals surface area contributed by atoms with E-state index in [9.17, 15) is 27.1 Å². The van der Waals surface area contributed by atoms with Crippen LogP contribution in [0.25, 0.3) is 20.8 Å². The predicted molar refractivity (Wildman–Crippen MR) is 126 cm³/mol. The van der Waals surface area contributed by atoms with Crippen LogP contribution >= 0.6 is 11.3 Å². The van der Waals surface area contributed by atoms with Crippen molar-refractivity contribution in [1.29, 1.82) is 0 Å². The molecule has 3 heterocycles. The fraction of sp³-hybridized carbons (Fsp3) is 0.565. The van der Waals surface area contributed by atoms with Crippen molar-refractivity contribution in [2.45, 2.75) is 63.1 Å². The molecule has 13 heteroatoms. The van der Waals surface area contributed by atoms with Gasteiger partial charge in [-0.1, -0.05) is 0 Å². The molecule has 2 saturated carbocycles. The first-order chi connectivity index (χ1) is 17.1. The number of rotatable bonds is 8. The first-order valence-electron chi connectivity index (χ1n) is 11.8. The topological polar surface area (TPSA) is 95.9 Å². The Kier molecular flexibility index (Phi) is 6.48. The van der Waals surface area contributed by atoms with Gasteiger partial charge in [-0.15, -0.1) is 11.3 Å². The van der Waals surface area contributed by atoms with E-state index in [2.05, 4.69) is 25.6 Å². The molecule has 0 amide bonds. The van der Waals surface area contributed by atoms with E-state index in [0.29, 0.717) is 34.4 Å². The molecule has 0 aliphatic heterocycles. The Morgan fingerprint density at radius 3 is 2.53 bits per heavy atom. The van der Waals surface area contributed by atoms with Gasteiger partial charge in [-0.2, -0.15) is 26.9 Å². The Bertz CT molecular complexity index is 1260. The van der Waals surface area contributed by atoms with Gasteiger partial charge in [-0.25, -0.2) is 9.97 Å². The number of alkyl halides is 5. The second-order valence-corrected chi connectivity index (χ2v) is 10.5. The van der Waals surface area contributed by atoms with Gasteiger partial charge in [-0.05, 0) is 51.0 Å². The van der Waals surface area contributed by atoms with Gasteiger partial charge in [0.15, 0.2) is 0 Å². The third kappa shape index (κ3) is 4.95. The summed E-state index contributed by atoms with van der Waals surface area (Å²) in [5.74, 6) is -4.44. The lowest BCUT2D eigenvalue weighted by Crippen LogP contribution is -2.42. The highest BCUT2D eigenvalue weighted by atomic mass is 32.1. The highest BCUT2D eigenvalue weighted by Gasteiger charge is 2.57. The highest BCUT2D eigenvalue weighted by Crippen LogP contribution is 2.44. The molecular formula is C23H25F5N6OS. The Morgan fingerprint density at radius 1 is 1.08 bits per heavy atom. The number of aliphatic hydroxyl groups excluding tert-OH is 1. The third-order valence-corrected chi connectivity index (χ3v) is 7.66. The highest BCUT2D eigenvalue weighted by molar-refractivity contribution is 7.21. The molecule has 2 aliphatic rings. The monoisotopic (exact) mass is 528 g/mol. The number of fused-ring (bicyclic) bond motifs is 1. The number of aliphatic hydroxyl groups is 1. The molecule has 3 N–H and O–H groups in total. The van der Waals surface area contributed by atoms with Crippen LogP contribution in [0.1, 0.15) is 49.4 Å². The van der Waals surface area contributed by atoms with E-state index in [0.717, 1.165) is 41.6 Å². The predicted octanol–water partition coefficient (Wildman–Crippen LogP) is 5.52. The summed E-state index contributed by atoms with van der Waals surface area (Å²) in [6.45, 7) is 0.0247. The quantitative estimate of drug-likeness (QED) is 0.332. The number of nitrogens with zero attached hydrogens (tertiary/aromatic N) is 4. The first kappa shape index (κ1) is 25.0. The molecule has 2 aliphatic carbocycles. The van der Waals surface area contributed by atoms with E-state index in [1.54, 1.807) is 13.1 Å². The largest absolute Gasteiger partial charge is 0.455 e. The summed E-state index contributed by atoms with van der Waals surface area (Å²) in [5, 5.41) is 15.5. The van der Waals surface area contributed by atoms with Gasteiger partial charge >= 0.3 is 12.1 Å². The van der Waals surface area contributed by atoms with Crippen molar-refractivity contribution in [2.75, 3.05) is 23.8 Å². The smallest absolute Gasteiger partial charge is 0.396 e. The number of aryl methyl sites for hydroxylation is 1. The zero-order valence-corrected chi connectivity index (χ0v) is 20.2. The molecule has 36 heavy (non-hydrogen) atoms. The average Bonchev–Trinajstić information content (AvgIpc) is 3.40. The number of nitrogens with one attached hydrogen (secondary N) is 2. The van der Waals surface area contributed by atoms with Crippen molar-refractivity contribution in [3.05, 3.63) is 23.7 Å². The molecule has 7 nitrogen and oxygen atoms in total. The number of thiazole rings is 1. The molecule has 0 bridgehead atoms. The molecule has 2 fully saturated rings. The second-order valence-electron chi connectivity index (χ2n) is 9.45. The lowest BCUT2D eigenvalue weighted by atomic mass is 10.1. The van der Waals surface area contributed by atoms with Crippen molar-refractivity contribution in [3.63, 3.8) is 0 Å². The number of anilines is 2. The molecule has 3 aromatic heterocycles. The van der Waals surface area contributed by atoms with Gasteiger partial charge in [0, 0.05) is 24.8 Å². The zero-order valence-electron chi connectivity index (χ0n) is 19.4. The summed E-state index contributed by atoms with van der Waals surface area (Å²) in [6, 6.07) is 1.83. The van der Waals surface area contributed by atoms with Gasteiger partial charge in [0.25, 0.3) is 0 Å². The standard InChI is InChI=1S/C23H25F5N6OS/c1-11-16(20-33-18-15(36-20)6-7-29-17(18)13-3-4-13)19(32-14-5-2-12(8-14)9-35)34-21(31-11)30-10-22(24,25)23(26,27)28/h6-7,12-14,35H,2-5,8-10H2,1H3,(H2,30,31,32,34). The molecule has 2 unspecified atom stereocenters. The van der Waals surface area contributed by atoms with Crippen LogP contribution in [0.2, 0.25) is 0 Å². The van der Waals surface area contributed by atoms with Crippen LogP contribution in [0, 0.1) is 12.8 Å². The molecule has 0 radical (unpaired) electrons. The zero-order chi connectivity index (χ0) is 25.7. The molecule has 194 valence electrons. The van der Waals surface area contributed by atoms with Gasteiger partial charge in [0.1, 0.15) is 16.3 Å². The maximum atomic E-state index is 13.5. The van der Waals surface area contributed by atoms with E-state index < -0.39 is 18.6 Å².